The van der Waals surface area contributed by atoms with E-state index in [0.29, 0.717) is 12.8 Å². The molecule has 0 radical (unpaired) electrons. The van der Waals surface area contributed by atoms with Crippen LogP contribution in [0.15, 0.2) is 18.2 Å². The SMILES string of the molecule is Cc1ccc(C2CC(=O)OC(=O)C2)c(C)c1. The van der Waals surface area contributed by atoms with E-state index >= 15 is 0 Å². The molecule has 0 atom stereocenters. The number of carbonyl (C=O) groups excluding carboxylic acids is 2. The Kier molecular flexibility index (Phi) is 2.77. The van der Waals surface area contributed by atoms with Crippen LogP contribution in [0.5, 0.6) is 0 Å². The van der Waals surface area contributed by atoms with Gasteiger partial charge in [-0.15, -0.1) is 0 Å². The predicted octanol–water partition coefficient (Wildman–Crippen LogP) is 2.25. The van der Waals surface area contributed by atoms with Gasteiger partial charge in [0.25, 0.3) is 0 Å². The van der Waals surface area contributed by atoms with Crippen LogP contribution in [0.25, 0.3) is 0 Å². The summed E-state index contributed by atoms with van der Waals surface area (Å²) in [5, 5.41) is 0. The van der Waals surface area contributed by atoms with Crippen LogP contribution in [0.4, 0.5) is 0 Å². The number of aryl methyl sites for hydroxylation is 2. The first-order chi connectivity index (χ1) is 7.56. The smallest absolute Gasteiger partial charge is 0.314 e. The Morgan fingerprint density at radius 3 is 2.31 bits per heavy atom. The molecule has 1 aromatic carbocycles. The molecule has 0 aromatic heterocycles. The van der Waals surface area contributed by atoms with E-state index in [4.69, 9.17) is 0 Å². The molecule has 1 aliphatic heterocycles. The molecule has 3 heteroatoms. The van der Waals surface area contributed by atoms with Crippen LogP contribution in [0.2, 0.25) is 0 Å². The maximum atomic E-state index is 11.2. The first kappa shape index (κ1) is 10.9. The van der Waals surface area contributed by atoms with Crippen LogP contribution in [0.3, 0.4) is 0 Å². The fourth-order valence-electron chi connectivity index (χ4n) is 2.19. The molecule has 1 fully saturated rings. The fraction of sp³-hybridized carbons (Fsp3) is 0.385. The van der Waals surface area contributed by atoms with E-state index in [2.05, 4.69) is 10.8 Å². The molecule has 0 aliphatic carbocycles. The van der Waals surface area contributed by atoms with Crippen molar-refractivity contribution in [2.45, 2.75) is 32.6 Å². The van der Waals surface area contributed by atoms with Crippen molar-refractivity contribution in [2.75, 3.05) is 0 Å². The molecule has 0 amide bonds. The zero-order chi connectivity index (χ0) is 11.7. The van der Waals surface area contributed by atoms with Crippen LogP contribution in [0.1, 0.15) is 35.4 Å². The van der Waals surface area contributed by atoms with Gasteiger partial charge < -0.3 is 4.74 Å². The highest BCUT2D eigenvalue weighted by atomic mass is 16.6. The Labute approximate surface area is 94.4 Å². The molecule has 0 spiro atoms. The van der Waals surface area contributed by atoms with E-state index in [1.54, 1.807) is 0 Å². The van der Waals surface area contributed by atoms with Crippen LogP contribution in [-0.4, -0.2) is 11.9 Å². The summed E-state index contributed by atoms with van der Waals surface area (Å²) in [5.74, 6) is -0.850. The zero-order valence-corrected chi connectivity index (χ0v) is 9.45. The second-order valence-corrected chi connectivity index (χ2v) is 4.31. The highest BCUT2D eigenvalue weighted by Crippen LogP contribution is 2.30. The van der Waals surface area contributed by atoms with Crippen LogP contribution in [-0.2, 0) is 14.3 Å². The standard InChI is InChI=1S/C13H14O3/c1-8-3-4-11(9(2)5-8)10-6-12(14)16-13(15)7-10/h3-5,10H,6-7H2,1-2H3. The minimum atomic E-state index is -0.416. The first-order valence-electron chi connectivity index (χ1n) is 5.37. The molecule has 3 nitrogen and oxygen atoms in total. The third kappa shape index (κ3) is 2.13. The van der Waals surface area contributed by atoms with Gasteiger partial charge in [-0.05, 0) is 25.0 Å². The van der Waals surface area contributed by atoms with Crippen molar-refractivity contribution in [1.29, 1.82) is 0 Å². The highest BCUT2D eigenvalue weighted by Gasteiger charge is 2.28. The van der Waals surface area contributed by atoms with Crippen molar-refractivity contribution in [3.05, 3.63) is 34.9 Å². The number of benzene rings is 1. The lowest BCUT2D eigenvalue weighted by Crippen LogP contribution is -2.24. The van der Waals surface area contributed by atoms with Crippen molar-refractivity contribution < 1.29 is 14.3 Å². The van der Waals surface area contributed by atoms with E-state index in [-0.39, 0.29) is 5.92 Å². The molecule has 0 bridgehead atoms. The number of rotatable bonds is 1. The van der Waals surface area contributed by atoms with Crippen LogP contribution < -0.4 is 0 Å². The van der Waals surface area contributed by atoms with Crippen LogP contribution in [0, 0.1) is 13.8 Å². The Bertz CT molecular complexity index is 432. The van der Waals surface area contributed by atoms with Gasteiger partial charge in [-0.25, -0.2) is 0 Å². The quantitative estimate of drug-likeness (QED) is 0.536. The van der Waals surface area contributed by atoms with Gasteiger partial charge in [0.05, 0.1) is 12.8 Å². The summed E-state index contributed by atoms with van der Waals surface area (Å²) in [5.41, 5.74) is 3.40. The fourth-order valence-corrected chi connectivity index (χ4v) is 2.19. The van der Waals surface area contributed by atoms with E-state index in [0.717, 1.165) is 11.1 Å². The average Bonchev–Trinajstić information content (AvgIpc) is 2.15. The van der Waals surface area contributed by atoms with Gasteiger partial charge in [0.15, 0.2) is 0 Å². The molecule has 1 aromatic rings. The van der Waals surface area contributed by atoms with Gasteiger partial charge in [0.1, 0.15) is 0 Å². The summed E-state index contributed by atoms with van der Waals surface area (Å²) < 4.78 is 4.52. The van der Waals surface area contributed by atoms with Gasteiger partial charge in [0, 0.05) is 5.92 Å². The summed E-state index contributed by atoms with van der Waals surface area (Å²) in [6.07, 6.45) is 0.602. The molecule has 1 heterocycles. The summed E-state index contributed by atoms with van der Waals surface area (Å²) >= 11 is 0. The lowest BCUT2D eigenvalue weighted by molar-refractivity contribution is -0.163. The number of cyclic esters (lactones) is 2. The second kappa shape index (κ2) is 4.08. The van der Waals surface area contributed by atoms with Crippen molar-refractivity contribution in [3.8, 4) is 0 Å². The molecule has 0 saturated carbocycles. The van der Waals surface area contributed by atoms with Gasteiger partial charge in [0.2, 0.25) is 0 Å². The number of hydrogen-bond donors (Lipinski definition) is 0. The normalized spacial score (nSPS) is 17.4. The first-order valence-corrected chi connectivity index (χ1v) is 5.37. The monoisotopic (exact) mass is 218 g/mol. The molecular weight excluding hydrogens is 204 g/mol. The Morgan fingerprint density at radius 2 is 1.75 bits per heavy atom. The largest absolute Gasteiger partial charge is 0.393 e. The molecular formula is C13H14O3. The molecule has 1 saturated heterocycles. The van der Waals surface area contributed by atoms with E-state index < -0.39 is 11.9 Å². The van der Waals surface area contributed by atoms with Crippen molar-refractivity contribution >= 4 is 11.9 Å². The predicted molar refractivity (Wildman–Crippen MR) is 59.0 cm³/mol. The molecule has 16 heavy (non-hydrogen) atoms. The average molecular weight is 218 g/mol. The molecule has 0 unspecified atom stereocenters. The van der Waals surface area contributed by atoms with Crippen molar-refractivity contribution in [1.82, 2.24) is 0 Å². The Morgan fingerprint density at radius 1 is 1.12 bits per heavy atom. The summed E-state index contributed by atoms with van der Waals surface area (Å²) in [6, 6.07) is 6.08. The topological polar surface area (TPSA) is 43.4 Å². The summed E-state index contributed by atoms with van der Waals surface area (Å²) in [4.78, 5) is 22.4. The van der Waals surface area contributed by atoms with E-state index in [1.807, 2.05) is 26.0 Å². The number of carbonyl (C=O) groups is 2. The Balaban J connectivity index is 2.29. The maximum absolute atomic E-state index is 11.2. The second-order valence-electron chi connectivity index (χ2n) is 4.31. The summed E-state index contributed by atoms with van der Waals surface area (Å²) in [6.45, 7) is 4.03. The number of ether oxygens (including phenoxy) is 1. The third-order valence-electron chi connectivity index (χ3n) is 2.92. The van der Waals surface area contributed by atoms with E-state index in [9.17, 15) is 9.59 Å². The van der Waals surface area contributed by atoms with Gasteiger partial charge in [-0.3, -0.25) is 9.59 Å². The minimum Gasteiger partial charge on any atom is -0.393 e. The zero-order valence-electron chi connectivity index (χ0n) is 9.45. The van der Waals surface area contributed by atoms with E-state index in [1.165, 1.54) is 5.56 Å². The Hall–Kier alpha value is -1.64. The number of hydrogen-bond acceptors (Lipinski definition) is 3. The van der Waals surface area contributed by atoms with Gasteiger partial charge in [-0.2, -0.15) is 0 Å². The summed E-state index contributed by atoms with van der Waals surface area (Å²) in [7, 11) is 0. The maximum Gasteiger partial charge on any atom is 0.314 e. The van der Waals surface area contributed by atoms with Crippen molar-refractivity contribution in [2.24, 2.45) is 0 Å². The van der Waals surface area contributed by atoms with Gasteiger partial charge in [-0.1, -0.05) is 23.8 Å². The minimum absolute atomic E-state index is 0.0191. The van der Waals surface area contributed by atoms with Crippen LogP contribution >= 0.6 is 0 Å². The lowest BCUT2D eigenvalue weighted by Gasteiger charge is -2.21. The third-order valence-corrected chi connectivity index (χ3v) is 2.92. The van der Waals surface area contributed by atoms with Gasteiger partial charge >= 0.3 is 11.9 Å². The molecule has 84 valence electrons. The molecule has 1 aliphatic rings. The molecule has 0 N–H and O–H groups in total. The lowest BCUT2D eigenvalue weighted by atomic mass is 9.87. The highest BCUT2D eigenvalue weighted by molar-refractivity contribution is 5.89. The number of esters is 2. The van der Waals surface area contributed by atoms with Crippen molar-refractivity contribution in [3.63, 3.8) is 0 Å². The molecule has 2 rings (SSSR count).